The lowest BCUT2D eigenvalue weighted by atomic mass is 10.1. The number of halogens is 1. The summed E-state index contributed by atoms with van der Waals surface area (Å²) in [5.74, 6) is 1.04. The topological polar surface area (TPSA) is 36.9 Å². The van der Waals surface area contributed by atoms with Gasteiger partial charge in [-0.2, -0.15) is 0 Å². The Bertz CT molecular complexity index is 263. The normalized spacial score (nSPS) is 21.2. The first-order chi connectivity index (χ1) is 5.77. The van der Waals surface area contributed by atoms with Gasteiger partial charge in [-0.25, -0.2) is 0 Å². The molecule has 3 N–H and O–H groups in total. The zero-order chi connectivity index (χ0) is 8.55. The third-order valence-electron chi connectivity index (χ3n) is 2.31. The van der Waals surface area contributed by atoms with E-state index in [1.807, 2.05) is 12.1 Å². The number of rotatable bonds is 1. The van der Waals surface area contributed by atoms with Gasteiger partial charge in [0.25, 0.3) is 0 Å². The van der Waals surface area contributed by atoms with Crippen molar-refractivity contribution in [2.45, 2.75) is 25.5 Å². The first-order valence-corrected chi connectivity index (χ1v) is 4.35. The van der Waals surface area contributed by atoms with Crippen molar-refractivity contribution >= 4 is 0 Å². The van der Waals surface area contributed by atoms with Gasteiger partial charge in [0.05, 0.1) is 0 Å². The van der Waals surface area contributed by atoms with E-state index in [-0.39, 0.29) is 18.5 Å². The second kappa shape index (κ2) is 3.99. The highest BCUT2D eigenvalue weighted by atomic mass is 35.5. The van der Waals surface area contributed by atoms with Gasteiger partial charge in [-0.05, 0) is 18.6 Å². The Labute approximate surface area is 84.5 Å². The molecule has 0 radical (unpaired) electrons. The monoisotopic (exact) mass is 199 g/mol. The minimum atomic E-state index is 0. The van der Waals surface area contributed by atoms with E-state index in [4.69, 9.17) is 4.74 Å². The maximum absolute atomic E-state index is 5.71. The molecule has 1 aromatic rings. The molecule has 0 fully saturated rings. The van der Waals surface area contributed by atoms with Gasteiger partial charge in [-0.3, -0.25) is 0 Å². The number of benzene rings is 1. The first kappa shape index (κ1) is 10.4. The Hall–Kier alpha value is -0.730. The molecule has 2 nitrogen and oxygen atoms in total. The van der Waals surface area contributed by atoms with E-state index in [9.17, 15) is 0 Å². The quantitative estimate of drug-likeness (QED) is 0.539. The molecule has 1 aromatic carbocycles. The second-order valence-electron chi connectivity index (χ2n) is 3.45. The summed E-state index contributed by atoms with van der Waals surface area (Å²) < 4.78 is 5.71. The van der Waals surface area contributed by atoms with Crippen LogP contribution in [0.5, 0.6) is 5.75 Å². The van der Waals surface area contributed by atoms with Crippen molar-refractivity contribution in [1.29, 1.82) is 0 Å². The molecule has 2 rings (SSSR count). The van der Waals surface area contributed by atoms with Gasteiger partial charge >= 0.3 is 0 Å². The number of ether oxygens (including phenoxy) is 1. The molecule has 3 heteroatoms. The van der Waals surface area contributed by atoms with Crippen LogP contribution in [-0.2, 0) is 6.42 Å². The summed E-state index contributed by atoms with van der Waals surface area (Å²) in [5, 5.41) is 0. The van der Waals surface area contributed by atoms with Crippen molar-refractivity contribution in [3.63, 3.8) is 0 Å². The SMILES string of the molecule is CC([NH3+])C1Cc2ccccc2O1.[Cl-]. The molecule has 72 valence electrons. The molecule has 13 heavy (non-hydrogen) atoms. The molecule has 0 bridgehead atoms. The lowest BCUT2D eigenvalue weighted by Gasteiger charge is -2.10. The molecule has 1 aliphatic rings. The van der Waals surface area contributed by atoms with Crippen molar-refractivity contribution in [3.8, 4) is 5.75 Å². The van der Waals surface area contributed by atoms with Crippen molar-refractivity contribution in [1.82, 2.24) is 0 Å². The summed E-state index contributed by atoms with van der Waals surface area (Å²) in [5.41, 5.74) is 5.30. The maximum atomic E-state index is 5.71. The van der Waals surface area contributed by atoms with Crippen molar-refractivity contribution in [3.05, 3.63) is 29.8 Å². The van der Waals surface area contributed by atoms with Crippen LogP contribution in [-0.4, -0.2) is 12.1 Å². The van der Waals surface area contributed by atoms with Crippen LogP contribution in [0.2, 0.25) is 0 Å². The largest absolute Gasteiger partial charge is 1.00 e. The van der Waals surface area contributed by atoms with Crippen LogP contribution in [0.4, 0.5) is 0 Å². The number of para-hydroxylation sites is 1. The van der Waals surface area contributed by atoms with E-state index < -0.39 is 0 Å². The Morgan fingerprint density at radius 1 is 1.46 bits per heavy atom. The molecule has 0 amide bonds. The summed E-state index contributed by atoms with van der Waals surface area (Å²) >= 11 is 0. The molecular formula is C10H14ClNO. The molecule has 2 atom stereocenters. The van der Waals surface area contributed by atoms with Crippen LogP contribution < -0.4 is 22.9 Å². The predicted octanol–water partition coefficient (Wildman–Crippen LogP) is -2.38. The lowest BCUT2D eigenvalue weighted by molar-refractivity contribution is -0.428. The first-order valence-electron chi connectivity index (χ1n) is 4.35. The van der Waals surface area contributed by atoms with E-state index in [1.165, 1.54) is 5.56 Å². The highest BCUT2D eigenvalue weighted by Crippen LogP contribution is 2.28. The zero-order valence-corrected chi connectivity index (χ0v) is 8.42. The van der Waals surface area contributed by atoms with Crippen LogP contribution in [0, 0.1) is 0 Å². The average Bonchev–Trinajstić information content (AvgIpc) is 2.46. The smallest absolute Gasteiger partial charge is 0.154 e. The predicted molar refractivity (Wildman–Crippen MR) is 46.9 cm³/mol. The second-order valence-corrected chi connectivity index (χ2v) is 3.45. The minimum Gasteiger partial charge on any atom is -1.00 e. The fraction of sp³-hybridized carbons (Fsp3) is 0.400. The van der Waals surface area contributed by atoms with E-state index in [2.05, 4.69) is 24.8 Å². The molecule has 1 heterocycles. The van der Waals surface area contributed by atoms with E-state index in [1.54, 1.807) is 0 Å². The zero-order valence-electron chi connectivity index (χ0n) is 7.66. The molecule has 0 saturated carbocycles. The highest BCUT2D eigenvalue weighted by Gasteiger charge is 2.26. The van der Waals surface area contributed by atoms with Crippen molar-refractivity contribution in [2.75, 3.05) is 0 Å². The summed E-state index contributed by atoms with van der Waals surface area (Å²) in [6, 6.07) is 8.57. The maximum Gasteiger partial charge on any atom is 0.154 e. The molecular weight excluding hydrogens is 186 g/mol. The van der Waals surface area contributed by atoms with E-state index in [0.29, 0.717) is 6.04 Å². The molecule has 2 unspecified atom stereocenters. The van der Waals surface area contributed by atoms with Gasteiger partial charge in [0.15, 0.2) is 6.10 Å². The van der Waals surface area contributed by atoms with Gasteiger partial charge in [0, 0.05) is 6.42 Å². The molecule has 0 aliphatic carbocycles. The Balaban J connectivity index is 0.000000845. The third kappa shape index (κ3) is 1.95. The Morgan fingerprint density at radius 3 is 2.77 bits per heavy atom. The van der Waals surface area contributed by atoms with Gasteiger partial charge in [-0.1, -0.05) is 18.2 Å². The summed E-state index contributed by atoms with van der Waals surface area (Å²) in [6.45, 7) is 2.09. The van der Waals surface area contributed by atoms with E-state index >= 15 is 0 Å². The fourth-order valence-corrected chi connectivity index (χ4v) is 1.53. The van der Waals surface area contributed by atoms with Gasteiger partial charge in [-0.15, -0.1) is 0 Å². The molecule has 0 spiro atoms. The Kier molecular flexibility index (Phi) is 3.17. The van der Waals surface area contributed by atoms with Gasteiger partial charge < -0.3 is 22.9 Å². The average molecular weight is 200 g/mol. The number of fused-ring (bicyclic) bond motifs is 1. The summed E-state index contributed by atoms with van der Waals surface area (Å²) in [7, 11) is 0. The van der Waals surface area contributed by atoms with Gasteiger partial charge in [0.1, 0.15) is 11.8 Å². The van der Waals surface area contributed by atoms with Crippen LogP contribution in [0.3, 0.4) is 0 Å². The standard InChI is InChI=1S/C10H13NO.ClH/c1-7(11)10-6-8-4-2-3-5-9(8)12-10;/h2-5,7,10H,6,11H2,1H3;1H. The third-order valence-corrected chi connectivity index (χ3v) is 2.31. The minimum absolute atomic E-state index is 0. The van der Waals surface area contributed by atoms with Gasteiger partial charge in [0.2, 0.25) is 0 Å². The van der Waals surface area contributed by atoms with Crippen LogP contribution in [0.25, 0.3) is 0 Å². The molecule has 1 aliphatic heterocycles. The van der Waals surface area contributed by atoms with Crippen molar-refractivity contribution < 1.29 is 22.9 Å². The Morgan fingerprint density at radius 2 is 2.15 bits per heavy atom. The van der Waals surface area contributed by atoms with Crippen molar-refractivity contribution in [2.24, 2.45) is 0 Å². The van der Waals surface area contributed by atoms with Crippen LogP contribution in [0.1, 0.15) is 12.5 Å². The van der Waals surface area contributed by atoms with E-state index in [0.717, 1.165) is 12.2 Å². The van der Waals surface area contributed by atoms with Crippen LogP contribution in [0.15, 0.2) is 24.3 Å². The lowest BCUT2D eigenvalue weighted by Crippen LogP contribution is -3.00. The van der Waals surface area contributed by atoms with Crippen LogP contribution >= 0.6 is 0 Å². The summed E-state index contributed by atoms with van der Waals surface area (Å²) in [6.07, 6.45) is 1.29. The number of quaternary nitrogens is 1. The fourth-order valence-electron chi connectivity index (χ4n) is 1.53. The molecule has 0 aromatic heterocycles. The number of hydrogen-bond acceptors (Lipinski definition) is 1. The number of hydrogen-bond donors (Lipinski definition) is 1. The molecule has 0 saturated heterocycles. The summed E-state index contributed by atoms with van der Waals surface area (Å²) in [4.78, 5) is 0. The highest BCUT2D eigenvalue weighted by molar-refractivity contribution is 5.37.